The van der Waals surface area contributed by atoms with Crippen LogP contribution in [0.1, 0.15) is 67.5 Å². The van der Waals surface area contributed by atoms with E-state index in [0.717, 1.165) is 28.4 Å². The maximum Gasteiger partial charge on any atom is 0.203 e. The van der Waals surface area contributed by atoms with Gasteiger partial charge in [0.15, 0.2) is 23.0 Å². The number of hydrogen-bond acceptors (Lipinski definition) is 6. The number of hydrogen-bond donors (Lipinski definition) is 0. The fourth-order valence-corrected chi connectivity index (χ4v) is 3.31. The standard InChI is InChI=1S/2C13H20O3.2CH4/c1-13(2,3)9-7-11(15-5)12(16-6)8-10(9)14-4;1-13(2,3)9-7-8-10(14-4)12(16-6)11(9)15-5;;/h2*7-8H,1-6H3;2*1H4. The van der Waals surface area contributed by atoms with Gasteiger partial charge in [-0.3, -0.25) is 0 Å². The van der Waals surface area contributed by atoms with Crippen LogP contribution < -0.4 is 28.4 Å². The Morgan fingerprint density at radius 3 is 1.21 bits per heavy atom. The maximum atomic E-state index is 5.43. The lowest BCUT2D eigenvalue weighted by molar-refractivity contribution is 0.318. The maximum absolute atomic E-state index is 5.43. The second-order valence-electron chi connectivity index (χ2n) is 9.29. The average molecular weight is 481 g/mol. The molecule has 0 unspecified atom stereocenters. The molecular formula is C28H48O6. The van der Waals surface area contributed by atoms with Gasteiger partial charge in [0.1, 0.15) is 5.75 Å². The summed E-state index contributed by atoms with van der Waals surface area (Å²) in [6.07, 6.45) is 0. The molecule has 0 atom stereocenters. The average Bonchev–Trinajstić information content (AvgIpc) is 2.75. The van der Waals surface area contributed by atoms with Gasteiger partial charge in [-0.15, -0.1) is 0 Å². The van der Waals surface area contributed by atoms with Crippen molar-refractivity contribution < 1.29 is 28.4 Å². The number of ether oxygens (including phenoxy) is 6. The van der Waals surface area contributed by atoms with Crippen molar-refractivity contribution in [3.63, 3.8) is 0 Å². The van der Waals surface area contributed by atoms with Crippen molar-refractivity contribution in [1.29, 1.82) is 0 Å². The van der Waals surface area contributed by atoms with Crippen molar-refractivity contribution in [2.45, 2.75) is 67.2 Å². The number of benzene rings is 2. The van der Waals surface area contributed by atoms with Crippen LogP contribution in [0.5, 0.6) is 34.5 Å². The Hall–Kier alpha value is -2.76. The van der Waals surface area contributed by atoms with Crippen molar-refractivity contribution in [2.24, 2.45) is 0 Å². The Bertz CT molecular complexity index is 862. The van der Waals surface area contributed by atoms with Crippen LogP contribution in [0.2, 0.25) is 0 Å². The molecule has 0 aliphatic heterocycles. The van der Waals surface area contributed by atoms with Crippen molar-refractivity contribution in [2.75, 3.05) is 42.7 Å². The molecule has 0 saturated heterocycles. The highest BCUT2D eigenvalue weighted by atomic mass is 16.5. The van der Waals surface area contributed by atoms with E-state index in [1.54, 1.807) is 42.7 Å². The molecule has 0 aromatic heterocycles. The molecule has 34 heavy (non-hydrogen) atoms. The first-order valence-corrected chi connectivity index (χ1v) is 10.5. The Morgan fingerprint density at radius 2 is 0.853 bits per heavy atom. The second kappa shape index (κ2) is 13.8. The van der Waals surface area contributed by atoms with Gasteiger partial charge in [-0.1, -0.05) is 62.5 Å². The first kappa shape index (κ1) is 33.4. The Morgan fingerprint density at radius 1 is 0.441 bits per heavy atom. The topological polar surface area (TPSA) is 55.4 Å². The molecule has 0 aliphatic rings. The molecule has 0 heterocycles. The van der Waals surface area contributed by atoms with Crippen LogP contribution in [-0.4, -0.2) is 42.7 Å². The number of methoxy groups -OCH3 is 6. The molecule has 0 amide bonds. The molecule has 196 valence electrons. The predicted molar refractivity (Wildman–Crippen MR) is 143 cm³/mol. The molecule has 6 heteroatoms. The van der Waals surface area contributed by atoms with E-state index in [2.05, 4.69) is 41.5 Å². The van der Waals surface area contributed by atoms with Gasteiger partial charge in [0, 0.05) is 17.2 Å². The molecule has 2 rings (SSSR count). The fourth-order valence-electron chi connectivity index (χ4n) is 3.31. The monoisotopic (exact) mass is 480 g/mol. The third-order valence-corrected chi connectivity index (χ3v) is 5.03. The molecular weight excluding hydrogens is 432 g/mol. The molecule has 6 nitrogen and oxygen atoms in total. The molecule has 0 bridgehead atoms. The van der Waals surface area contributed by atoms with Crippen molar-refractivity contribution in [3.8, 4) is 34.5 Å². The number of rotatable bonds is 6. The van der Waals surface area contributed by atoms with E-state index in [1.165, 1.54) is 0 Å². The van der Waals surface area contributed by atoms with Crippen molar-refractivity contribution in [1.82, 2.24) is 0 Å². The molecule has 0 radical (unpaired) electrons. The molecule has 0 fully saturated rings. The highest BCUT2D eigenvalue weighted by Gasteiger charge is 2.24. The quantitative estimate of drug-likeness (QED) is 0.433. The van der Waals surface area contributed by atoms with E-state index < -0.39 is 0 Å². The van der Waals surface area contributed by atoms with E-state index in [4.69, 9.17) is 28.4 Å². The highest BCUT2D eigenvalue weighted by molar-refractivity contribution is 5.57. The van der Waals surface area contributed by atoms with Gasteiger partial charge in [0.05, 0.1) is 42.7 Å². The SMILES string of the molecule is C.C.COc1cc(OC)c(C(C)(C)C)cc1OC.COc1ccc(C(C)(C)C)c(OC)c1OC. The lowest BCUT2D eigenvalue weighted by Crippen LogP contribution is -2.13. The van der Waals surface area contributed by atoms with Crippen LogP contribution in [0.4, 0.5) is 0 Å². The van der Waals surface area contributed by atoms with Crippen LogP contribution in [0.3, 0.4) is 0 Å². The summed E-state index contributed by atoms with van der Waals surface area (Å²) in [5, 5.41) is 0. The zero-order valence-electron chi connectivity index (χ0n) is 21.8. The molecule has 2 aromatic rings. The highest BCUT2D eigenvalue weighted by Crippen LogP contribution is 2.44. The van der Waals surface area contributed by atoms with Crippen LogP contribution in [0.25, 0.3) is 0 Å². The van der Waals surface area contributed by atoms with Gasteiger partial charge < -0.3 is 28.4 Å². The van der Waals surface area contributed by atoms with E-state index in [1.807, 2.05) is 24.3 Å². The summed E-state index contributed by atoms with van der Waals surface area (Å²) < 4.78 is 31.9. The largest absolute Gasteiger partial charge is 0.496 e. The molecule has 2 aromatic carbocycles. The smallest absolute Gasteiger partial charge is 0.203 e. The zero-order valence-corrected chi connectivity index (χ0v) is 21.8. The fraction of sp³-hybridized carbons (Fsp3) is 0.571. The van der Waals surface area contributed by atoms with Crippen LogP contribution in [0, 0.1) is 0 Å². The summed E-state index contributed by atoms with van der Waals surface area (Å²) in [5.74, 6) is 4.32. The molecule has 0 N–H and O–H groups in total. The summed E-state index contributed by atoms with van der Waals surface area (Å²) in [6.45, 7) is 12.8. The predicted octanol–water partition coefficient (Wildman–Crippen LogP) is 7.29. The second-order valence-corrected chi connectivity index (χ2v) is 9.29. The van der Waals surface area contributed by atoms with E-state index >= 15 is 0 Å². The molecule has 0 spiro atoms. The lowest BCUT2D eigenvalue weighted by Gasteiger charge is -2.24. The van der Waals surface area contributed by atoms with Crippen LogP contribution in [0.15, 0.2) is 24.3 Å². The third-order valence-electron chi connectivity index (χ3n) is 5.03. The Labute approximate surface area is 208 Å². The Balaban J connectivity index is 0. The molecule has 0 saturated carbocycles. The summed E-state index contributed by atoms with van der Waals surface area (Å²) in [5.41, 5.74) is 2.22. The normalized spacial score (nSPS) is 10.5. The van der Waals surface area contributed by atoms with Gasteiger partial charge in [0.25, 0.3) is 0 Å². The first-order chi connectivity index (χ1) is 14.9. The van der Waals surface area contributed by atoms with Crippen LogP contribution >= 0.6 is 0 Å². The minimum absolute atomic E-state index is 0. The summed E-state index contributed by atoms with van der Waals surface area (Å²) in [6, 6.07) is 7.75. The van der Waals surface area contributed by atoms with Gasteiger partial charge in [0.2, 0.25) is 5.75 Å². The summed E-state index contributed by atoms with van der Waals surface area (Å²) >= 11 is 0. The third kappa shape index (κ3) is 7.93. The van der Waals surface area contributed by atoms with Gasteiger partial charge in [-0.2, -0.15) is 0 Å². The Kier molecular flexibility index (Phi) is 13.6. The van der Waals surface area contributed by atoms with Crippen molar-refractivity contribution in [3.05, 3.63) is 35.4 Å². The first-order valence-electron chi connectivity index (χ1n) is 10.5. The van der Waals surface area contributed by atoms with Crippen molar-refractivity contribution >= 4 is 0 Å². The van der Waals surface area contributed by atoms with Crippen LogP contribution in [-0.2, 0) is 10.8 Å². The van der Waals surface area contributed by atoms with Gasteiger partial charge in [-0.25, -0.2) is 0 Å². The van der Waals surface area contributed by atoms with Gasteiger partial charge in [-0.05, 0) is 23.0 Å². The van der Waals surface area contributed by atoms with E-state index in [0.29, 0.717) is 17.2 Å². The minimum atomic E-state index is 0. The zero-order chi connectivity index (χ0) is 24.7. The van der Waals surface area contributed by atoms with E-state index in [9.17, 15) is 0 Å². The lowest BCUT2D eigenvalue weighted by atomic mass is 9.86. The summed E-state index contributed by atoms with van der Waals surface area (Å²) in [7, 11) is 9.80. The van der Waals surface area contributed by atoms with Gasteiger partial charge >= 0.3 is 0 Å². The minimum Gasteiger partial charge on any atom is -0.496 e. The summed E-state index contributed by atoms with van der Waals surface area (Å²) in [4.78, 5) is 0. The molecule has 0 aliphatic carbocycles. The van der Waals surface area contributed by atoms with E-state index in [-0.39, 0.29) is 25.7 Å².